The van der Waals surface area contributed by atoms with Gasteiger partial charge in [0.05, 0.1) is 18.7 Å². The monoisotopic (exact) mass is 462 g/mol. The second-order valence-electron chi connectivity index (χ2n) is 9.31. The van der Waals surface area contributed by atoms with Gasteiger partial charge < -0.3 is 15.5 Å². The van der Waals surface area contributed by atoms with E-state index in [0.29, 0.717) is 12.8 Å². The summed E-state index contributed by atoms with van der Waals surface area (Å²) in [5, 5.41) is 24.0. The van der Waals surface area contributed by atoms with E-state index >= 15 is 0 Å². The lowest BCUT2D eigenvalue weighted by atomic mass is 9.85. The Labute approximate surface area is 195 Å². The predicted molar refractivity (Wildman–Crippen MR) is 124 cm³/mol. The number of carbonyl (C=O) groups is 3. The highest BCUT2D eigenvalue weighted by atomic mass is 16.4. The van der Waals surface area contributed by atoms with E-state index in [1.807, 2.05) is 18.2 Å². The van der Waals surface area contributed by atoms with Gasteiger partial charge >= 0.3 is 12.0 Å². The fourth-order valence-electron chi connectivity index (χ4n) is 4.89. The summed E-state index contributed by atoms with van der Waals surface area (Å²) in [5.41, 5.74) is 3.08. The van der Waals surface area contributed by atoms with Crippen LogP contribution in [0.25, 0.3) is 0 Å². The van der Waals surface area contributed by atoms with E-state index in [1.54, 1.807) is 6.20 Å². The number of nitrogens with zero attached hydrogens (tertiary/aromatic N) is 2. The second kappa shape index (κ2) is 12.7. The molecular weight excluding hydrogens is 424 g/mol. The number of carboxylic acids is 1. The Morgan fingerprint density at radius 2 is 1.88 bits per heavy atom. The van der Waals surface area contributed by atoms with Crippen LogP contribution in [0.1, 0.15) is 70.6 Å². The summed E-state index contributed by atoms with van der Waals surface area (Å²) in [6, 6.07) is -1.12. The number of aliphatic hydroxyl groups excluding tert-OH is 1. The molecule has 1 saturated carbocycles. The molecule has 0 aromatic carbocycles. The number of amides is 3. The van der Waals surface area contributed by atoms with Crippen LogP contribution in [0.4, 0.5) is 4.79 Å². The first-order valence-electron chi connectivity index (χ1n) is 12.3. The van der Waals surface area contributed by atoms with Crippen molar-refractivity contribution in [3.63, 3.8) is 0 Å². The number of aliphatic hydroxyl groups is 1. The number of dihydropyridines is 1. The number of hydrogen-bond acceptors (Lipinski definition) is 6. The van der Waals surface area contributed by atoms with Gasteiger partial charge in [-0.2, -0.15) is 0 Å². The number of imide groups is 1. The van der Waals surface area contributed by atoms with Crippen molar-refractivity contribution in [1.82, 2.24) is 20.7 Å². The van der Waals surface area contributed by atoms with Gasteiger partial charge in [0.15, 0.2) is 0 Å². The molecule has 1 aliphatic carbocycles. The average Bonchev–Trinajstić information content (AvgIpc) is 3.04. The van der Waals surface area contributed by atoms with Gasteiger partial charge in [-0.25, -0.2) is 15.2 Å². The number of rotatable bonds is 13. The van der Waals surface area contributed by atoms with Gasteiger partial charge in [0, 0.05) is 13.0 Å². The molecule has 0 bridgehead atoms. The molecule has 33 heavy (non-hydrogen) atoms. The SMILES string of the molecule is O=C(O)CCCCCCC1C(=O)N(CC2C=CC=CN2)C(=O)N1NCC(O)C1CCCCC1. The summed E-state index contributed by atoms with van der Waals surface area (Å²) in [5.74, 6) is -0.795. The van der Waals surface area contributed by atoms with Crippen molar-refractivity contribution < 1.29 is 24.6 Å². The summed E-state index contributed by atoms with van der Waals surface area (Å²) >= 11 is 0. The van der Waals surface area contributed by atoms with E-state index < -0.39 is 18.1 Å². The number of hydrazine groups is 1. The maximum absolute atomic E-state index is 13.2. The molecule has 3 aliphatic rings. The molecule has 3 unspecified atom stereocenters. The molecular formula is C24H38N4O5. The molecule has 3 rings (SSSR count). The lowest BCUT2D eigenvalue weighted by Crippen LogP contribution is -2.50. The molecule has 2 fully saturated rings. The Bertz CT molecular complexity index is 734. The van der Waals surface area contributed by atoms with Crippen LogP contribution in [-0.2, 0) is 9.59 Å². The van der Waals surface area contributed by atoms with Crippen molar-refractivity contribution >= 4 is 17.9 Å². The van der Waals surface area contributed by atoms with E-state index in [2.05, 4.69) is 10.7 Å². The minimum atomic E-state index is -0.797. The Morgan fingerprint density at radius 1 is 1.12 bits per heavy atom. The third-order valence-corrected chi connectivity index (χ3v) is 6.82. The van der Waals surface area contributed by atoms with Crippen molar-refractivity contribution in [2.75, 3.05) is 13.1 Å². The van der Waals surface area contributed by atoms with E-state index in [9.17, 15) is 19.5 Å². The fraction of sp³-hybridized carbons (Fsp3) is 0.708. The van der Waals surface area contributed by atoms with Crippen LogP contribution in [0.3, 0.4) is 0 Å². The molecule has 4 N–H and O–H groups in total. The maximum atomic E-state index is 13.2. The first-order valence-corrected chi connectivity index (χ1v) is 12.3. The molecule has 184 valence electrons. The molecule has 2 heterocycles. The van der Waals surface area contributed by atoms with Crippen LogP contribution in [0.5, 0.6) is 0 Å². The van der Waals surface area contributed by atoms with Crippen LogP contribution in [0.2, 0.25) is 0 Å². The number of carbonyl (C=O) groups excluding carboxylic acids is 2. The van der Waals surface area contributed by atoms with Gasteiger partial charge in [-0.3, -0.25) is 14.5 Å². The number of nitrogens with one attached hydrogen (secondary N) is 2. The van der Waals surface area contributed by atoms with Crippen molar-refractivity contribution in [3.8, 4) is 0 Å². The standard InChI is InChI=1S/C24H38N4O5/c29-21(18-10-4-3-5-11-18)16-26-28-20(13-6-1-2-7-14-22(30)31)23(32)27(24(28)33)17-19-12-8-9-15-25-19/h8-9,12,15,18-21,25-26,29H,1-7,10-11,13-14,16-17H2,(H,30,31). The lowest BCUT2D eigenvalue weighted by Gasteiger charge is -2.29. The minimum absolute atomic E-state index is 0.132. The smallest absolute Gasteiger partial charge is 0.341 e. The summed E-state index contributed by atoms with van der Waals surface area (Å²) < 4.78 is 0. The number of allylic oxidation sites excluding steroid dienone is 2. The molecule has 0 radical (unpaired) electrons. The molecule has 3 atom stereocenters. The number of hydrogen-bond donors (Lipinski definition) is 4. The Hall–Kier alpha value is -2.39. The topological polar surface area (TPSA) is 122 Å². The van der Waals surface area contributed by atoms with Crippen LogP contribution in [0.15, 0.2) is 24.4 Å². The van der Waals surface area contributed by atoms with E-state index in [1.165, 1.54) is 16.3 Å². The predicted octanol–water partition coefficient (Wildman–Crippen LogP) is 2.53. The lowest BCUT2D eigenvalue weighted by molar-refractivity contribution is -0.137. The van der Waals surface area contributed by atoms with Gasteiger partial charge in [-0.15, -0.1) is 0 Å². The summed E-state index contributed by atoms with van der Waals surface area (Å²) in [7, 11) is 0. The zero-order valence-corrected chi connectivity index (χ0v) is 19.3. The molecule has 9 nitrogen and oxygen atoms in total. The Morgan fingerprint density at radius 3 is 2.58 bits per heavy atom. The summed E-state index contributed by atoms with van der Waals surface area (Å²) in [6.07, 6.45) is 15.9. The van der Waals surface area contributed by atoms with E-state index in [4.69, 9.17) is 5.11 Å². The van der Waals surface area contributed by atoms with Gasteiger partial charge in [-0.1, -0.05) is 50.7 Å². The molecule has 0 aromatic heterocycles. The van der Waals surface area contributed by atoms with Gasteiger partial charge in [-0.05, 0) is 43.9 Å². The quantitative estimate of drug-likeness (QED) is 0.245. The van der Waals surface area contributed by atoms with E-state index in [-0.39, 0.29) is 43.4 Å². The molecule has 1 saturated heterocycles. The van der Waals surface area contributed by atoms with Crippen LogP contribution in [0, 0.1) is 5.92 Å². The number of unbranched alkanes of at least 4 members (excludes halogenated alkanes) is 3. The highest BCUT2D eigenvalue weighted by Crippen LogP contribution is 2.27. The molecule has 0 aromatic rings. The maximum Gasteiger partial charge on any atom is 0.341 e. The molecule has 3 amide bonds. The number of carboxylic acid groups (broad SMARTS) is 1. The Balaban J connectivity index is 1.57. The molecule has 0 spiro atoms. The largest absolute Gasteiger partial charge is 0.481 e. The van der Waals surface area contributed by atoms with Crippen molar-refractivity contribution in [1.29, 1.82) is 0 Å². The number of urea groups is 1. The minimum Gasteiger partial charge on any atom is -0.481 e. The average molecular weight is 463 g/mol. The van der Waals surface area contributed by atoms with Crippen LogP contribution < -0.4 is 10.7 Å². The zero-order chi connectivity index (χ0) is 23.6. The van der Waals surface area contributed by atoms with Crippen molar-refractivity contribution in [3.05, 3.63) is 24.4 Å². The fourth-order valence-corrected chi connectivity index (χ4v) is 4.89. The Kier molecular flexibility index (Phi) is 9.75. The van der Waals surface area contributed by atoms with Crippen molar-refractivity contribution in [2.45, 2.75) is 88.8 Å². The van der Waals surface area contributed by atoms with Gasteiger partial charge in [0.1, 0.15) is 6.04 Å². The van der Waals surface area contributed by atoms with Crippen LogP contribution >= 0.6 is 0 Å². The van der Waals surface area contributed by atoms with Crippen LogP contribution in [-0.4, -0.2) is 69.3 Å². The third-order valence-electron chi connectivity index (χ3n) is 6.82. The molecule has 2 aliphatic heterocycles. The first-order chi connectivity index (χ1) is 16.0. The molecule has 9 heteroatoms. The van der Waals surface area contributed by atoms with Gasteiger partial charge in [0.2, 0.25) is 0 Å². The highest BCUT2D eigenvalue weighted by molar-refractivity contribution is 6.04. The zero-order valence-electron chi connectivity index (χ0n) is 19.3. The summed E-state index contributed by atoms with van der Waals surface area (Å²) in [6.45, 7) is 0.494. The van der Waals surface area contributed by atoms with E-state index in [0.717, 1.165) is 44.9 Å². The third kappa shape index (κ3) is 7.30. The second-order valence-corrected chi connectivity index (χ2v) is 9.31. The summed E-state index contributed by atoms with van der Waals surface area (Å²) in [4.78, 5) is 38.3. The number of aliphatic carboxylic acids is 1. The van der Waals surface area contributed by atoms with Gasteiger partial charge in [0.25, 0.3) is 5.91 Å². The highest BCUT2D eigenvalue weighted by Gasteiger charge is 2.45. The first kappa shape index (κ1) is 25.2. The van der Waals surface area contributed by atoms with Crippen molar-refractivity contribution in [2.24, 2.45) is 5.92 Å². The normalized spacial score (nSPS) is 24.4.